The molecule has 3 N–H and O–H groups in total. The van der Waals surface area contributed by atoms with E-state index in [-0.39, 0.29) is 39.1 Å². The van der Waals surface area contributed by atoms with Gasteiger partial charge in [-0.3, -0.25) is 0 Å². The van der Waals surface area contributed by atoms with Gasteiger partial charge in [-0.05, 0) is 42.5 Å². The zero-order chi connectivity index (χ0) is 20.8. The van der Waals surface area contributed by atoms with E-state index in [9.17, 15) is 18.3 Å². The number of anilines is 1. The van der Waals surface area contributed by atoms with Gasteiger partial charge in [0, 0.05) is 11.9 Å². The third-order valence-electron chi connectivity index (χ3n) is 4.58. The smallest absolute Gasteiger partial charge is 0.394 e. The van der Waals surface area contributed by atoms with Crippen molar-refractivity contribution in [1.29, 1.82) is 0 Å². The molecule has 4 rings (SSSR count). The minimum atomic E-state index is -4.56. The van der Waals surface area contributed by atoms with Crippen molar-refractivity contribution in [2.75, 3.05) is 18.5 Å². The predicted molar refractivity (Wildman–Crippen MR) is 104 cm³/mol. The molecule has 0 spiro atoms. The van der Waals surface area contributed by atoms with Crippen molar-refractivity contribution in [2.24, 2.45) is 0 Å². The third kappa shape index (κ3) is 4.30. The molecule has 1 atom stereocenters. The predicted octanol–water partition coefficient (Wildman–Crippen LogP) is 4.07. The summed E-state index contributed by atoms with van der Waals surface area (Å²) in [5.41, 5.74) is -0.217. The Bertz CT molecular complexity index is 1060. The van der Waals surface area contributed by atoms with Crippen molar-refractivity contribution in [3.63, 3.8) is 0 Å². The van der Waals surface area contributed by atoms with Crippen LogP contribution in [0.25, 0.3) is 21.6 Å². The second kappa shape index (κ2) is 7.67. The Balaban J connectivity index is 1.75. The van der Waals surface area contributed by atoms with Crippen LogP contribution in [0.5, 0.6) is 0 Å². The summed E-state index contributed by atoms with van der Waals surface area (Å²) >= 11 is 7.39. The zero-order valence-electron chi connectivity index (χ0n) is 14.9. The van der Waals surface area contributed by atoms with Crippen molar-refractivity contribution in [2.45, 2.75) is 31.0 Å². The molecule has 2 heterocycles. The molecule has 0 radical (unpaired) electrons. The number of aliphatic hydroxyl groups excluding tert-OH is 2. The number of aromatic nitrogens is 3. The van der Waals surface area contributed by atoms with E-state index >= 15 is 0 Å². The largest absolute Gasteiger partial charge is 0.418 e. The second-order valence-electron chi connectivity index (χ2n) is 6.86. The second-order valence-corrected chi connectivity index (χ2v) is 8.24. The lowest BCUT2D eigenvalue weighted by molar-refractivity contribution is -0.136. The van der Waals surface area contributed by atoms with Gasteiger partial charge in [0.2, 0.25) is 5.13 Å². The number of aliphatic hydroxyl groups is 2. The van der Waals surface area contributed by atoms with Crippen molar-refractivity contribution in [3.05, 3.63) is 34.3 Å². The normalized spacial score (nSPS) is 15.7. The number of nitrogens with one attached hydrogen (secondary N) is 1. The number of nitrogens with zero attached hydrogens (tertiary/aromatic N) is 3. The van der Waals surface area contributed by atoms with Crippen LogP contribution >= 0.6 is 22.9 Å². The van der Waals surface area contributed by atoms with Gasteiger partial charge in [-0.25, -0.2) is 4.98 Å². The maximum atomic E-state index is 13.7. The van der Waals surface area contributed by atoms with Crippen molar-refractivity contribution < 1.29 is 23.4 Å². The van der Waals surface area contributed by atoms with E-state index in [4.69, 9.17) is 16.7 Å². The molecule has 1 aromatic carbocycles. The van der Waals surface area contributed by atoms with Crippen molar-refractivity contribution >= 4 is 39.0 Å². The lowest BCUT2D eigenvalue weighted by Crippen LogP contribution is -2.22. The molecule has 1 aliphatic rings. The first kappa shape index (κ1) is 20.3. The van der Waals surface area contributed by atoms with Gasteiger partial charge in [-0.1, -0.05) is 22.9 Å². The van der Waals surface area contributed by atoms with Crippen LogP contribution in [0, 0.1) is 0 Å². The van der Waals surface area contributed by atoms with E-state index in [1.807, 2.05) is 0 Å². The first-order valence-electron chi connectivity index (χ1n) is 8.84. The highest BCUT2D eigenvalue weighted by Gasteiger charge is 2.36. The number of pyridine rings is 1. The number of benzene rings is 1. The minimum absolute atomic E-state index is 0.0548. The first-order valence-corrected chi connectivity index (χ1v) is 10.0. The summed E-state index contributed by atoms with van der Waals surface area (Å²) in [6.45, 7) is -0.358. The van der Waals surface area contributed by atoms with Gasteiger partial charge in [0.1, 0.15) is 5.69 Å². The van der Waals surface area contributed by atoms with E-state index in [1.165, 1.54) is 6.07 Å². The molecule has 1 fully saturated rings. The van der Waals surface area contributed by atoms with Crippen LogP contribution < -0.4 is 5.32 Å². The molecule has 11 heteroatoms. The van der Waals surface area contributed by atoms with E-state index in [2.05, 4.69) is 20.5 Å². The van der Waals surface area contributed by atoms with E-state index < -0.39 is 24.5 Å². The van der Waals surface area contributed by atoms with Crippen LogP contribution in [0.4, 0.5) is 18.3 Å². The average molecular weight is 445 g/mol. The van der Waals surface area contributed by atoms with Gasteiger partial charge in [-0.2, -0.15) is 13.2 Å². The summed E-state index contributed by atoms with van der Waals surface area (Å²) in [6, 6.07) is 4.33. The highest BCUT2D eigenvalue weighted by molar-refractivity contribution is 7.18. The minimum Gasteiger partial charge on any atom is -0.394 e. The molecular weight excluding hydrogens is 429 g/mol. The molecule has 0 aliphatic heterocycles. The fourth-order valence-electron chi connectivity index (χ4n) is 2.96. The molecule has 1 aliphatic carbocycles. The fraction of sp³-hybridized carbons (Fsp3) is 0.389. The molecule has 3 aromatic rings. The number of hydrogen-bond donors (Lipinski definition) is 3. The standard InChI is InChI=1S/C18H16ClF3N4O2S/c19-13-5-14(16-25-26-17(29-16)23-6-10(28)7-27)24-15-11(13)3-9(8-1-2-8)4-12(15)18(20,21)22/h3-5,8,10,27-28H,1-2,6-7H2,(H,23,26)/t10-/m1/s1. The SMILES string of the molecule is OC[C@H](O)CNc1nnc(-c2cc(Cl)c3cc(C4CC4)cc(C(F)(F)F)c3n2)s1. The summed E-state index contributed by atoms with van der Waals surface area (Å²) in [7, 11) is 0. The first-order chi connectivity index (χ1) is 13.8. The molecular formula is C18H16ClF3N4O2S. The van der Waals surface area contributed by atoms with Gasteiger partial charge in [0.15, 0.2) is 5.01 Å². The molecule has 2 aromatic heterocycles. The Morgan fingerprint density at radius 3 is 2.66 bits per heavy atom. The summed E-state index contributed by atoms with van der Waals surface area (Å²) in [4.78, 5) is 4.20. The summed E-state index contributed by atoms with van der Waals surface area (Å²) < 4.78 is 41.1. The van der Waals surface area contributed by atoms with Crippen LogP contribution in [0.2, 0.25) is 5.02 Å². The number of alkyl halides is 3. The van der Waals surface area contributed by atoms with E-state index in [0.717, 1.165) is 30.2 Å². The Labute approximate surface area is 172 Å². The van der Waals surface area contributed by atoms with Gasteiger partial charge < -0.3 is 15.5 Å². The summed E-state index contributed by atoms with van der Waals surface area (Å²) in [6.07, 6.45) is -3.79. The molecule has 0 bridgehead atoms. The number of hydrogen-bond acceptors (Lipinski definition) is 7. The van der Waals surface area contributed by atoms with Gasteiger partial charge in [-0.15, -0.1) is 10.2 Å². The number of fused-ring (bicyclic) bond motifs is 1. The summed E-state index contributed by atoms with van der Waals surface area (Å²) in [5, 5.41) is 29.9. The lowest BCUT2D eigenvalue weighted by Gasteiger charge is -2.14. The number of halogens is 4. The molecule has 0 unspecified atom stereocenters. The van der Waals surface area contributed by atoms with E-state index in [1.54, 1.807) is 6.07 Å². The highest BCUT2D eigenvalue weighted by Crippen LogP contribution is 2.45. The molecule has 1 saturated carbocycles. The fourth-order valence-corrected chi connectivity index (χ4v) is 3.91. The Morgan fingerprint density at radius 1 is 1.24 bits per heavy atom. The van der Waals surface area contributed by atoms with Gasteiger partial charge in [0.05, 0.1) is 28.8 Å². The van der Waals surface area contributed by atoms with Crippen LogP contribution in [-0.4, -0.2) is 44.7 Å². The average Bonchev–Trinajstić information content (AvgIpc) is 3.42. The Kier molecular flexibility index (Phi) is 5.36. The van der Waals surface area contributed by atoms with Crippen molar-refractivity contribution in [1.82, 2.24) is 15.2 Å². The topological polar surface area (TPSA) is 91.2 Å². The monoisotopic (exact) mass is 444 g/mol. The molecule has 29 heavy (non-hydrogen) atoms. The molecule has 0 amide bonds. The maximum absolute atomic E-state index is 13.7. The van der Waals surface area contributed by atoms with Crippen LogP contribution in [0.15, 0.2) is 18.2 Å². The maximum Gasteiger partial charge on any atom is 0.418 e. The molecule has 6 nitrogen and oxygen atoms in total. The summed E-state index contributed by atoms with van der Waals surface area (Å²) in [5.74, 6) is 0.141. The molecule has 154 valence electrons. The van der Waals surface area contributed by atoms with Crippen LogP contribution in [0.3, 0.4) is 0 Å². The van der Waals surface area contributed by atoms with Gasteiger partial charge in [0.25, 0.3) is 0 Å². The number of rotatable bonds is 6. The van der Waals surface area contributed by atoms with Crippen LogP contribution in [0.1, 0.15) is 29.9 Å². The van der Waals surface area contributed by atoms with Gasteiger partial charge >= 0.3 is 6.18 Å². The third-order valence-corrected chi connectivity index (χ3v) is 5.80. The Hall–Kier alpha value is -2.01. The van der Waals surface area contributed by atoms with E-state index in [0.29, 0.717) is 10.7 Å². The zero-order valence-corrected chi connectivity index (χ0v) is 16.4. The van der Waals surface area contributed by atoms with Crippen molar-refractivity contribution in [3.8, 4) is 10.7 Å². The Morgan fingerprint density at radius 2 is 2.00 bits per heavy atom. The van der Waals surface area contributed by atoms with Crippen LogP contribution in [-0.2, 0) is 6.18 Å². The highest BCUT2D eigenvalue weighted by atomic mass is 35.5. The molecule has 0 saturated heterocycles. The lowest BCUT2D eigenvalue weighted by atomic mass is 10.0. The quantitative estimate of drug-likeness (QED) is 0.531.